The molecule has 1 amide bonds. The van der Waals surface area contributed by atoms with Crippen molar-refractivity contribution >= 4 is 23.0 Å². The Hall–Kier alpha value is -3.09. The maximum Gasteiger partial charge on any atom is 0.292 e. The van der Waals surface area contributed by atoms with Gasteiger partial charge in [0.25, 0.3) is 11.6 Å². The van der Waals surface area contributed by atoms with E-state index in [1.807, 2.05) is 35.2 Å². The zero-order valence-corrected chi connectivity index (χ0v) is 19.7. The molecule has 32 heavy (non-hydrogen) atoms. The Labute approximate surface area is 190 Å². The summed E-state index contributed by atoms with van der Waals surface area (Å²) in [7, 11) is 0. The number of nitrogens with zero attached hydrogens (tertiary/aromatic N) is 3. The van der Waals surface area contributed by atoms with Gasteiger partial charge in [0.05, 0.1) is 4.92 Å². The third kappa shape index (κ3) is 5.78. The Balaban J connectivity index is 1.67. The number of amides is 1. The zero-order valence-electron chi connectivity index (χ0n) is 19.7. The summed E-state index contributed by atoms with van der Waals surface area (Å²) in [5, 5.41) is 14.7. The summed E-state index contributed by atoms with van der Waals surface area (Å²) in [4.78, 5) is 28.1. The fourth-order valence-corrected chi connectivity index (χ4v) is 3.74. The minimum Gasteiger partial charge on any atom is -0.379 e. The summed E-state index contributed by atoms with van der Waals surface area (Å²) in [5.74, 6) is 0.489. The second kappa shape index (κ2) is 9.59. The van der Waals surface area contributed by atoms with Gasteiger partial charge < -0.3 is 15.1 Å². The van der Waals surface area contributed by atoms with E-state index in [0.29, 0.717) is 49.9 Å². The molecule has 0 aromatic heterocycles. The second-order valence-corrected chi connectivity index (χ2v) is 9.93. The average molecular weight is 439 g/mol. The molecule has 172 valence electrons. The maximum absolute atomic E-state index is 12.9. The Morgan fingerprint density at radius 3 is 2.22 bits per heavy atom. The van der Waals surface area contributed by atoms with Crippen LogP contribution in [0.15, 0.2) is 42.5 Å². The van der Waals surface area contributed by atoms with Gasteiger partial charge in [-0.2, -0.15) is 0 Å². The van der Waals surface area contributed by atoms with E-state index in [-0.39, 0.29) is 21.9 Å². The lowest BCUT2D eigenvalue weighted by Crippen LogP contribution is -2.48. The van der Waals surface area contributed by atoms with Gasteiger partial charge in [-0.1, -0.05) is 46.8 Å². The van der Waals surface area contributed by atoms with Crippen LogP contribution in [0.5, 0.6) is 0 Å². The highest BCUT2D eigenvalue weighted by atomic mass is 16.6. The van der Waals surface area contributed by atoms with Gasteiger partial charge in [0.1, 0.15) is 5.69 Å². The lowest BCUT2D eigenvalue weighted by atomic mass is 9.97. The van der Waals surface area contributed by atoms with Crippen molar-refractivity contribution in [2.45, 2.75) is 40.5 Å². The summed E-state index contributed by atoms with van der Waals surface area (Å²) in [6.45, 7) is 13.8. The van der Waals surface area contributed by atoms with E-state index in [0.717, 1.165) is 5.69 Å². The quantitative estimate of drug-likeness (QED) is 0.499. The van der Waals surface area contributed by atoms with E-state index >= 15 is 0 Å². The number of benzene rings is 2. The van der Waals surface area contributed by atoms with Crippen molar-refractivity contribution in [1.29, 1.82) is 0 Å². The first-order valence-corrected chi connectivity index (χ1v) is 11.2. The van der Waals surface area contributed by atoms with E-state index in [4.69, 9.17) is 0 Å². The number of piperazine rings is 1. The molecule has 0 bridgehead atoms. The van der Waals surface area contributed by atoms with Crippen LogP contribution < -0.4 is 10.2 Å². The zero-order chi connectivity index (χ0) is 23.5. The first-order chi connectivity index (χ1) is 15.0. The molecule has 2 aromatic carbocycles. The largest absolute Gasteiger partial charge is 0.379 e. The van der Waals surface area contributed by atoms with Gasteiger partial charge in [-0.25, -0.2) is 0 Å². The summed E-state index contributed by atoms with van der Waals surface area (Å²) in [5.41, 5.74) is 3.49. The Bertz CT molecular complexity index is 956. The smallest absolute Gasteiger partial charge is 0.292 e. The molecule has 1 fully saturated rings. The predicted molar refractivity (Wildman–Crippen MR) is 130 cm³/mol. The maximum atomic E-state index is 12.9. The van der Waals surface area contributed by atoms with Crippen LogP contribution in [-0.4, -0.2) is 48.5 Å². The lowest BCUT2D eigenvalue weighted by Gasteiger charge is -2.36. The Morgan fingerprint density at radius 2 is 1.69 bits per heavy atom. The van der Waals surface area contributed by atoms with Crippen molar-refractivity contribution in [3.8, 4) is 0 Å². The fraction of sp³-hybridized carbons (Fsp3) is 0.480. The molecular weight excluding hydrogens is 404 g/mol. The van der Waals surface area contributed by atoms with E-state index < -0.39 is 0 Å². The van der Waals surface area contributed by atoms with Gasteiger partial charge in [-0.15, -0.1) is 0 Å². The molecule has 1 aliphatic heterocycles. The summed E-state index contributed by atoms with van der Waals surface area (Å²) < 4.78 is 0. The van der Waals surface area contributed by atoms with Gasteiger partial charge in [0, 0.05) is 50.0 Å². The topological polar surface area (TPSA) is 78.7 Å². The van der Waals surface area contributed by atoms with Crippen molar-refractivity contribution < 1.29 is 9.72 Å². The number of carbonyl (C=O) groups is 1. The minimum atomic E-state index is -0.351. The van der Waals surface area contributed by atoms with Crippen LogP contribution in [0.3, 0.4) is 0 Å². The number of hydrogen-bond acceptors (Lipinski definition) is 5. The van der Waals surface area contributed by atoms with Gasteiger partial charge >= 0.3 is 0 Å². The molecule has 0 atom stereocenters. The average Bonchev–Trinajstić information content (AvgIpc) is 2.76. The van der Waals surface area contributed by atoms with Crippen molar-refractivity contribution in [2.75, 3.05) is 42.9 Å². The molecular formula is C25H34N4O3. The van der Waals surface area contributed by atoms with Crippen molar-refractivity contribution in [3.05, 3.63) is 63.7 Å². The number of nitrogens with one attached hydrogen (secondary N) is 1. The molecule has 0 spiro atoms. The van der Waals surface area contributed by atoms with Crippen LogP contribution in [0.25, 0.3) is 0 Å². The molecule has 1 saturated heterocycles. The molecule has 0 aliphatic carbocycles. The first kappa shape index (κ1) is 23.6. The van der Waals surface area contributed by atoms with Gasteiger partial charge in [0.15, 0.2) is 0 Å². The number of nitro benzene ring substituents is 1. The van der Waals surface area contributed by atoms with Crippen molar-refractivity contribution in [2.24, 2.45) is 5.41 Å². The molecule has 7 heteroatoms. The second-order valence-electron chi connectivity index (χ2n) is 9.93. The van der Waals surface area contributed by atoms with Gasteiger partial charge in [-0.05, 0) is 41.2 Å². The monoisotopic (exact) mass is 438 g/mol. The fourth-order valence-electron chi connectivity index (χ4n) is 3.74. The molecule has 0 unspecified atom stereocenters. The molecule has 0 radical (unpaired) electrons. The van der Waals surface area contributed by atoms with Gasteiger partial charge in [-0.3, -0.25) is 14.9 Å². The van der Waals surface area contributed by atoms with Crippen molar-refractivity contribution in [1.82, 2.24) is 4.90 Å². The number of nitro groups is 1. The normalized spacial score (nSPS) is 14.6. The summed E-state index contributed by atoms with van der Waals surface area (Å²) >= 11 is 0. The predicted octanol–water partition coefficient (Wildman–Crippen LogP) is 5.14. The van der Waals surface area contributed by atoms with Crippen LogP contribution in [0.1, 0.15) is 56.5 Å². The molecule has 1 aliphatic rings. The van der Waals surface area contributed by atoms with Crippen molar-refractivity contribution in [3.63, 3.8) is 0 Å². The van der Waals surface area contributed by atoms with Crippen LogP contribution >= 0.6 is 0 Å². The van der Waals surface area contributed by atoms with Crippen LogP contribution in [0, 0.1) is 15.5 Å². The third-order valence-electron chi connectivity index (χ3n) is 5.74. The summed E-state index contributed by atoms with van der Waals surface area (Å²) in [6, 6.07) is 13.1. The molecule has 1 N–H and O–H groups in total. The highest BCUT2D eigenvalue weighted by Gasteiger charge is 2.24. The minimum absolute atomic E-state index is 0.00321. The first-order valence-electron chi connectivity index (χ1n) is 11.2. The molecule has 0 saturated carbocycles. The highest BCUT2D eigenvalue weighted by Crippen LogP contribution is 2.31. The van der Waals surface area contributed by atoms with Gasteiger partial charge in [0.2, 0.25) is 0 Å². The molecule has 2 aromatic rings. The molecule has 7 nitrogen and oxygen atoms in total. The number of anilines is 2. The molecule has 1 heterocycles. The summed E-state index contributed by atoms with van der Waals surface area (Å²) in [6.07, 6.45) is 0. The number of rotatable bonds is 6. The Morgan fingerprint density at radius 1 is 1.06 bits per heavy atom. The van der Waals surface area contributed by atoms with E-state index in [9.17, 15) is 14.9 Å². The van der Waals surface area contributed by atoms with Crippen LogP contribution in [-0.2, 0) is 0 Å². The molecule has 3 rings (SSSR count). The standard InChI is InChI=1S/C25H34N4O3/c1-18(2)19-6-8-20(9-7-19)24(30)28-14-12-27(13-15-28)21-10-11-23(29(31)32)22(16-21)26-17-25(3,4)5/h6-11,16,18,26H,12-15,17H2,1-5H3. The van der Waals surface area contributed by atoms with E-state index in [1.54, 1.807) is 12.1 Å². The highest BCUT2D eigenvalue weighted by molar-refractivity contribution is 5.94. The number of hydrogen-bond donors (Lipinski definition) is 1. The third-order valence-corrected chi connectivity index (χ3v) is 5.74. The van der Waals surface area contributed by atoms with Crippen LogP contribution in [0.2, 0.25) is 0 Å². The Kier molecular flexibility index (Phi) is 7.06. The lowest BCUT2D eigenvalue weighted by molar-refractivity contribution is -0.384. The SMILES string of the molecule is CC(C)c1ccc(C(=O)N2CCN(c3ccc([N+](=O)[O-])c(NCC(C)(C)C)c3)CC2)cc1. The van der Waals surface area contributed by atoms with Crippen LogP contribution in [0.4, 0.5) is 17.1 Å². The number of carbonyl (C=O) groups excluding carboxylic acids is 1. The van der Waals surface area contributed by atoms with E-state index in [2.05, 4.69) is 44.8 Å². The van der Waals surface area contributed by atoms with E-state index in [1.165, 1.54) is 5.56 Å².